The first-order chi connectivity index (χ1) is 10.7. The molecule has 1 aliphatic rings. The number of amides is 1. The van der Waals surface area contributed by atoms with Crippen molar-refractivity contribution in [2.45, 2.75) is 19.4 Å². The van der Waals surface area contributed by atoms with Crippen LogP contribution in [0.4, 0.5) is 0 Å². The minimum Gasteiger partial charge on any atom is -0.353 e. The van der Waals surface area contributed by atoms with Gasteiger partial charge in [0.05, 0.1) is 6.04 Å². The van der Waals surface area contributed by atoms with Gasteiger partial charge in [0.2, 0.25) is 5.91 Å². The number of carbonyl (C=O) groups excluding carboxylic acids is 1. The van der Waals surface area contributed by atoms with Gasteiger partial charge in [-0.25, -0.2) is 0 Å². The summed E-state index contributed by atoms with van der Waals surface area (Å²) in [6, 6.07) is 9.43. The van der Waals surface area contributed by atoms with Crippen molar-refractivity contribution in [3.63, 3.8) is 0 Å². The predicted molar refractivity (Wildman–Crippen MR) is 111 cm³/mol. The van der Waals surface area contributed by atoms with Crippen LogP contribution in [0.2, 0.25) is 0 Å². The van der Waals surface area contributed by atoms with Crippen LogP contribution >= 0.6 is 37.2 Å². The lowest BCUT2D eigenvalue weighted by atomic mass is 10.1. The molecule has 1 aliphatic heterocycles. The zero-order valence-electron chi connectivity index (χ0n) is 14.7. The molecule has 1 saturated heterocycles. The van der Waals surface area contributed by atoms with Gasteiger partial charge in [-0.1, -0.05) is 37.3 Å². The summed E-state index contributed by atoms with van der Waals surface area (Å²) in [6.07, 6.45) is 0.585. The quantitative estimate of drug-likeness (QED) is 0.712. The van der Waals surface area contributed by atoms with Crippen LogP contribution in [-0.2, 0) is 11.2 Å². The largest absolute Gasteiger partial charge is 0.353 e. The number of hydrogen-bond donors (Lipinski definition) is 2. The van der Waals surface area contributed by atoms with E-state index >= 15 is 0 Å². The molecule has 1 atom stereocenters. The number of nitrogens with zero attached hydrogens (tertiary/aromatic N) is 2. The molecule has 0 spiro atoms. The van der Waals surface area contributed by atoms with Gasteiger partial charge in [-0.2, -0.15) is 0 Å². The topological polar surface area (TPSA) is 61.6 Å². The van der Waals surface area contributed by atoms with E-state index in [9.17, 15) is 4.79 Å². The Hall–Kier alpha value is -0.560. The van der Waals surface area contributed by atoms with E-state index in [4.69, 9.17) is 5.73 Å². The van der Waals surface area contributed by atoms with Crippen LogP contribution in [0.1, 0.15) is 12.5 Å². The molecule has 1 aromatic carbocycles. The van der Waals surface area contributed by atoms with Gasteiger partial charge in [-0.3, -0.25) is 9.69 Å². The van der Waals surface area contributed by atoms with Crippen LogP contribution in [0.3, 0.4) is 0 Å². The minimum absolute atomic E-state index is 0. The molecular formula is C17H31Cl3N4O. The first-order valence-electron chi connectivity index (χ1n) is 8.21. The van der Waals surface area contributed by atoms with E-state index in [1.165, 1.54) is 0 Å². The molecule has 2 rings (SSSR count). The van der Waals surface area contributed by atoms with E-state index in [2.05, 4.69) is 22.0 Å². The van der Waals surface area contributed by atoms with Crippen LogP contribution in [0.15, 0.2) is 30.3 Å². The van der Waals surface area contributed by atoms with E-state index in [0.29, 0.717) is 13.0 Å². The lowest BCUT2D eigenvalue weighted by Crippen LogP contribution is -2.49. The van der Waals surface area contributed by atoms with Crippen molar-refractivity contribution in [3.05, 3.63) is 35.9 Å². The number of nitrogens with one attached hydrogen (secondary N) is 1. The Morgan fingerprint density at radius 1 is 1.08 bits per heavy atom. The van der Waals surface area contributed by atoms with Gasteiger partial charge in [0.15, 0.2) is 0 Å². The minimum atomic E-state index is -0.473. The Bertz CT molecular complexity index is 456. The average Bonchev–Trinajstić information content (AvgIpc) is 2.56. The number of hydrogen-bond acceptors (Lipinski definition) is 4. The fourth-order valence-corrected chi connectivity index (χ4v) is 2.76. The first-order valence-corrected chi connectivity index (χ1v) is 8.21. The van der Waals surface area contributed by atoms with Crippen molar-refractivity contribution < 1.29 is 4.79 Å². The summed E-state index contributed by atoms with van der Waals surface area (Å²) in [5.74, 6) is -0.0592. The average molecular weight is 414 g/mol. The van der Waals surface area contributed by atoms with Gasteiger partial charge in [-0.05, 0) is 18.5 Å². The van der Waals surface area contributed by atoms with Crippen LogP contribution in [0.25, 0.3) is 0 Å². The maximum absolute atomic E-state index is 12.0. The maximum Gasteiger partial charge on any atom is 0.237 e. The summed E-state index contributed by atoms with van der Waals surface area (Å²) in [5.41, 5.74) is 7.07. The summed E-state index contributed by atoms with van der Waals surface area (Å²) in [7, 11) is 0. The summed E-state index contributed by atoms with van der Waals surface area (Å²) in [4.78, 5) is 16.9. The number of rotatable bonds is 7. The van der Waals surface area contributed by atoms with Crippen molar-refractivity contribution in [2.75, 3.05) is 45.8 Å². The fraction of sp³-hybridized carbons (Fsp3) is 0.588. The molecular weight excluding hydrogens is 383 g/mol. The van der Waals surface area contributed by atoms with Crippen molar-refractivity contribution in [1.82, 2.24) is 15.1 Å². The maximum atomic E-state index is 12.0. The highest BCUT2D eigenvalue weighted by Gasteiger charge is 2.16. The van der Waals surface area contributed by atoms with E-state index < -0.39 is 6.04 Å². The van der Waals surface area contributed by atoms with Crippen LogP contribution in [0, 0.1) is 0 Å². The molecule has 0 bridgehead atoms. The number of nitrogens with two attached hydrogens (primary N) is 1. The van der Waals surface area contributed by atoms with Gasteiger partial charge in [-0.15, -0.1) is 37.2 Å². The zero-order valence-corrected chi connectivity index (χ0v) is 17.2. The number of benzene rings is 1. The summed E-state index contributed by atoms with van der Waals surface area (Å²) in [6.45, 7) is 9.31. The third-order valence-electron chi connectivity index (χ3n) is 4.27. The smallest absolute Gasteiger partial charge is 0.237 e. The van der Waals surface area contributed by atoms with Crippen LogP contribution in [-0.4, -0.2) is 67.6 Å². The van der Waals surface area contributed by atoms with E-state index in [-0.39, 0.29) is 43.1 Å². The Morgan fingerprint density at radius 2 is 1.64 bits per heavy atom. The Kier molecular flexibility index (Phi) is 15.6. The third-order valence-corrected chi connectivity index (χ3v) is 4.27. The summed E-state index contributed by atoms with van der Waals surface area (Å²) >= 11 is 0. The van der Waals surface area contributed by atoms with E-state index in [1.54, 1.807) is 0 Å². The second-order valence-electron chi connectivity index (χ2n) is 5.86. The number of likely N-dealkylation sites (N-methyl/N-ethyl adjacent to an activating group) is 1. The standard InChI is InChI=1S/C17H28N4O.3ClH/c1-2-20-10-12-21(13-11-20)9-8-19-17(22)16(18)14-15-6-4-3-5-7-15;;;/h3-7,16H,2,8-14,18H2,1H3,(H,19,22);3*1H. The monoisotopic (exact) mass is 412 g/mol. The highest BCUT2D eigenvalue weighted by molar-refractivity contribution is 5.86. The molecule has 146 valence electrons. The van der Waals surface area contributed by atoms with Gasteiger partial charge in [0.25, 0.3) is 0 Å². The normalized spacial score (nSPS) is 15.9. The van der Waals surface area contributed by atoms with Crippen molar-refractivity contribution >= 4 is 43.1 Å². The molecule has 25 heavy (non-hydrogen) atoms. The molecule has 1 heterocycles. The molecule has 0 saturated carbocycles. The number of carbonyl (C=O) groups is 1. The predicted octanol–water partition coefficient (Wildman–Crippen LogP) is 1.58. The number of piperazine rings is 1. The summed E-state index contributed by atoms with van der Waals surface area (Å²) in [5, 5.41) is 2.96. The summed E-state index contributed by atoms with van der Waals surface area (Å²) < 4.78 is 0. The number of halogens is 3. The van der Waals surface area contributed by atoms with Crippen LogP contribution in [0.5, 0.6) is 0 Å². The molecule has 1 fully saturated rings. The first kappa shape index (κ1) is 26.7. The fourth-order valence-electron chi connectivity index (χ4n) is 2.76. The molecule has 1 amide bonds. The Labute approximate surface area is 169 Å². The molecule has 3 N–H and O–H groups in total. The zero-order chi connectivity index (χ0) is 15.8. The lowest BCUT2D eigenvalue weighted by molar-refractivity contribution is -0.122. The Morgan fingerprint density at radius 3 is 2.20 bits per heavy atom. The van der Waals surface area contributed by atoms with E-state index in [0.717, 1.165) is 44.8 Å². The van der Waals surface area contributed by atoms with Gasteiger partial charge < -0.3 is 16.0 Å². The van der Waals surface area contributed by atoms with Crippen molar-refractivity contribution in [2.24, 2.45) is 5.73 Å². The highest BCUT2D eigenvalue weighted by atomic mass is 35.5. The van der Waals surface area contributed by atoms with E-state index in [1.807, 2.05) is 30.3 Å². The second-order valence-corrected chi connectivity index (χ2v) is 5.86. The van der Waals surface area contributed by atoms with Gasteiger partial charge >= 0.3 is 0 Å². The molecule has 5 nitrogen and oxygen atoms in total. The van der Waals surface area contributed by atoms with Crippen molar-refractivity contribution in [3.8, 4) is 0 Å². The molecule has 1 aromatic rings. The highest BCUT2D eigenvalue weighted by Crippen LogP contribution is 2.02. The molecule has 1 unspecified atom stereocenters. The third kappa shape index (κ3) is 9.64. The van der Waals surface area contributed by atoms with Crippen LogP contribution < -0.4 is 11.1 Å². The molecule has 8 heteroatoms. The molecule has 0 radical (unpaired) electrons. The SMILES string of the molecule is CCN1CCN(CCNC(=O)C(N)Cc2ccccc2)CC1.Cl.Cl.Cl. The lowest BCUT2D eigenvalue weighted by Gasteiger charge is -2.34. The Balaban J connectivity index is 0. The van der Waals surface area contributed by atoms with Crippen molar-refractivity contribution in [1.29, 1.82) is 0 Å². The molecule has 0 aliphatic carbocycles. The second kappa shape index (κ2) is 14.6. The van der Waals surface area contributed by atoms with Gasteiger partial charge in [0, 0.05) is 39.3 Å². The molecule has 0 aromatic heterocycles. The van der Waals surface area contributed by atoms with Gasteiger partial charge in [0.1, 0.15) is 0 Å².